The number of hydrogen-bond donors (Lipinski definition) is 1. The molecule has 1 nitrogen and oxygen atoms in total. The molecule has 6 heteroatoms. The molecule has 1 heterocycles. The Morgan fingerprint density at radius 2 is 1.90 bits per heavy atom. The fourth-order valence-corrected chi connectivity index (χ4v) is 3.79. The van der Waals surface area contributed by atoms with Crippen LogP contribution in [0.3, 0.4) is 0 Å². The Kier molecular flexibility index (Phi) is 4.17. The van der Waals surface area contributed by atoms with Gasteiger partial charge in [-0.1, -0.05) is 18.2 Å². The monoisotopic (exact) mass is 329 g/mol. The summed E-state index contributed by atoms with van der Waals surface area (Å²) in [4.78, 5) is 1.41. The second-order valence-electron chi connectivity index (χ2n) is 5.02. The zero-order valence-corrected chi connectivity index (χ0v) is 12.7. The van der Waals surface area contributed by atoms with E-state index in [4.69, 9.17) is 0 Å². The van der Waals surface area contributed by atoms with Gasteiger partial charge in [0.25, 0.3) is 0 Å². The molecule has 1 fully saturated rings. The molecule has 0 spiro atoms. The van der Waals surface area contributed by atoms with Crippen molar-refractivity contribution in [3.8, 4) is 0 Å². The van der Waals surface area contributed by atoms with Crippen molar-refractivity contribution >= 4 is 28.8 Å². The summed E-state index contributed by atoms with van der Waals surface area (Å²) in [6.07, 6.45) is 2.26. The Balaban J connectivity index is 1.83. The molecular weight excluding hydrogens is 315 g/mol. The second kappa shape index (κ2) is 5.93. The van der Waals surface area contributed by atoms with Crippen molar-refractivity contribution in [1.29, 1.82) is 0 Å². The van der Waals surface area contributed by atoms with E-state index in [-0.39, 0.29) is 22.7 Å². The lowest BCUT2D eigenvalue weighted by atomic mass is 10.1. The number of thiophene rings is 1. The van der Waals surface area contributed by atoms with Crippen molar-refractivity contribution in [2.45, 2.75) is 29.3 Å². The number of alkyl halides is 3. The number of anilines is 1. The first-order valence-electron chi connectivity index (χ1n) is 6.67. The number of thioether (sulfide) groups is 1. The van der Waals surface area contributed by atoms with E-state index in [0.717, 1.165) is 12.8 Å². The molecule has 1 aromatic heterocycles. The smallest absolute Gasteiger partial charge is 0.376 e. The van der Waals surface area contributed by atoms with E-state index in [0.29, 0.717) is 11.6 Å². The van der Waals surface area contributed by atoms with Gasteiger partial charge in [0.05, 0.1) is 6.04 Å². The van der Waals surface area contributed by atoms with Crippen molar-refractivity contribution in [3.63, 3.8) is 0 Å². The average molecular weight is 329 g/mol. The van der Waals surface area contributed by atoms with Crippen molar-refractivity contribution < 1.29 is 13.2 Å². The van der Waals surface area contributed by atoms with E-state index in [1.165, 1.54) is 10.9 Å². The molecule has 1 atom stereocenters. The fraction of sp³-hybridized carbons (Fsp3) is 0.333. The maximum Gasteiger partial charge on any atom is 0.446 e. The van der Waals surface area contributed by atoms with Gasteiger partial charge in [0.2, 0.25) is 0 Å². The van der Waals surface area contributed by atoms with Gasteiger partial charge >= 0.3 is 5.51 Å². The number of benzene rings is 1. The van der Waals surface area contributed by atoms with Gasteiger partial charge in [0.15, 0.2) is 0 Å². The topological polar surface area (TPSA) is 12.0 Å². The number of rotatable bonds is 5. The average Bonchev–Trinajstić information content (AvgIpc) is 3.10. The standard InChI is InChI=1S/C15H14F3NS2/c16-15(17,18)21-12-5-2-1-4-11(12)19-14(10-7-8-10)13-6-3-9-20-13/h1-6,9-10,14,19H,7-8H2. The van der Waals surface area contributed by atoms with E-state index in [9.17, 15) is 13.2 Å². The van der Waals surface area contributed by atoms with Gasteiger partial charge in [0.1, 0.15) is 0 Å². The summed E-state index contributed by atoms with van der Waals surface area (Å²) in [6, 6.07) is 10.8. The molecule has 3 rings (SSSR count). The molecule has 1 N–H and O–H groups in total. The van der Waals surface area contributed by atoms with Crippen LogP contribution in [-0.2, 0) is 0 Å². The lowest BCUT2D eigenvalue weighted by molar-refractivity contribution is -0.0327. The maximum atomic E-state index is 12.6. The third kappa shape index (κ3) is 3.95. The van der Waals surface area contributed by atoms with Crippen LogP contribution in [0.15, 0.2) is 46.7 Å². The molecule has 1 aliphatic carbocycles. The normalized spacial score (nSPS) is 16.7. The number of para-hydroxylation sites is 1. The van der Waals surface area contributed by atoms with Gasteiger partial charge in [0, 0.05) is 15.5 Å². The van der Waals surface area contributed by atoms with Crippen LogP contribution in [0.4, 0.5) is 18.9 Å². The quantitative estimate of drug-likeness (QED) is 0.683. The fourth-order valence-electron chi connectivity index (χ4n) is 2.29. The lowest BCUT2D eigenvalue weighted by Gasteiger charge is -2.20. The van der Waals surface area contributed by atoms with Gasteiger partial charge in [-0.25, -0.2) is 0 Å². The molecule has 0 amide bonds. The molecule has 1 aliphatic rings. The summed E-state index contributed by atoms with van der Waals surface area (Å²) in [5.41, 5.74) is -3.71. The SMILES string of the molecule is FC(F)(F)Sc1ccccc1NC(c1cccs1)C1CC1. The Bertz CT molecular complexity index is 591. The van der Waals surface area contributed by atoms with Crippen LogP contribution in [0.1, 0.15) is 23.8 Å². The first kappa shape index (κ1) is 14.8. The first-order valence-corrected chi connectivity index (χ1v) is 8.37. The third-order valence-electron chi connectivity index (χ3n) is 3.37. The summed E-state index contributed by atoms with van der Waals surface area (Å²) >= 11 is 1.59. The van der Waals surface area contributed by atoms with E-state index in [1.54, 1.807) is 29.5 Å². The van der Waals surface area contributed by atoms with Crippen LogP contribution in [0.5, 0.6) is 0 Å². The molecule has 112 valence electrons. The van der Waals surface area contributed by atoms with Gasteiger partial charge in [-0.15, -0.1) is 11.3 Å². The molecular formula is C15H14F3NS2. The first-order chi connectivity index (χ1) is 10.0. The Morgan fingerprint density at radius 3 is 2.52 bits per heavy atom. The van der Waals surface area contributed by atoms with Gasteiger partial charge in [-0.3, -0.25) is 0 Å². The highest BCUT2D eigenvalue weighted by atomic mass is 32.2. The Labute approximate surface area is 129 Å². The second-order valence-corrected chi connectivity index (χ2v) is 7.10. The Morgan fingerprint density at radius 1 is 1.14 bits per heavy atom. The van der Waals surface area contributed by atoms with Crippen LogP contribution < -0.4 is 5.32 Å². The van der Waals surface area contributed by atoms with Gasteiger partial charge < -0.3 is 5.32 Å². The van der Waals surface area contributed by atoms with E-state index in [2.05, 4.69) is 5.32 Å². The molecule has 1 saturated carbocycles. The minimum atomic E-state index is -4.27. The largest absolute Gasteiger partial charge is 0.446 e. The molecule has 1 unspecified atom stereocenters. The molecule has 0 saturated heterocycles. The zero-order valence-electron chi connectivity index (χ0n) is 11.1. The molecule has 0 radical (unpaired) electrons. The molecule has 2 aromatic rings. The summed E-state index contributed by atoms with van der Waals surface area (Å²) in [7, 11) is 0. The molecule has 0 bridgehead atoms. The number of nitrogens with one attached hydrogen (secondary N) is 1. The molecule has 1 aromatic carbocycles. The predicted molar refractivity (Wildman–Crippen MR) is 81.8 cm³/mol. The van der Waals surface area contributed by atoms with Crippen LogP contribution in [0.25, 0.3) is 0 Å². The summed E-state index contributed by atoms with van der Waals surface area (Å²) in [5.74, 6) is 0.521. The maximum absolute atomic E-state index is 12.6. The highest BCUT2D eigenvalue weighted by molar-refractivity contribution is 8.00. The minimum absolute atomic E-state index is 0.0604. The van der Waals surface area contributed by atoms with Crippen molar-refractivity contribution in [2.75, 3.05) is 5.32 Å². The highest BCUT2D eigenvalue weighted by Gasteiger charge is 2.34. The summed E-state index contributed by atoms with van der Waals surface area (Å²) < 4.78 is 37.9. The van der Waals surface area contributed by atoms with Gasteiger partial charge in [-0.2, -0.15) is 13.2 Å². The van der Waals surface area contributed by atoms with Crippen LogP contribution >= 0.6 is 23.1 Å². The van der Waals surface area contributed by atoms with Crippen LogP contribution in [0.2, 0.25) is 0 Å². The zero-order chi connectivity index (χ0) is 14.9. The van der Waals surface area contributed by atoms with E-state index >= 15 is 0 Å². The van der Waals surface area contributed by atoms with Crippen molar-refractivity contribution in [1.82, 2.24) is 0 Å². The summed E-state index contributed by atoms with van der Waals surface area (Å²) in [6.45, 7) is 0. The summed E-state index contributed by atoms with van der Waals surface area (Å²) in [5, 5.41) is 5.33. The Hall–Kier alpha value is -1.14. The predicted octanol–water partition coefficient (Wildman–Crippen LogP) is 5.92. The minimum Gasteiger partial charge on any atom is -0.376 e. The van der Waals surface area contributed by atoms with Crippen molar-refractivity contribution in [3.05, 3.63) is 46.7 Å². The van der Waals surface area contributed by atoms with E-state index < -0.39 is 5.51 Å². The van der Waals surface area contributed by atoms with Crippen LogP contribution in [-0.4, -0.2) is 5.51 Å². The van der Waals surface area contributed by atoms with E-state index in [1.807, 2.05) is 17.5 Å². The lowest BCUT2D eigenvalue weighted by Crippen LogP contribution is -2.12. The third-order valence-corrected chi connectivity index (χ3v) is 5.13. The highest BCUT2D eigenvalue weighted by Crippen LogP contribution is 2.46. The van der Waals surface area contributed by atoms with Gasteiger partial charge in [-0.05, 0) is 54.1 Å². The number of hydrogen-bond acceptors (Lipinski definition) is 3. The molecule has 21 heavy (non-hydrogen) atoms. The molecule has 0 aliphatic heterocycles. The van der Waals surface area contributed by atoms with Crippen molar-refractivity contribution in [2.24, 2.45) is 5.92 Å². The van der Waals surface area contributed by atoms with Crippen LogP contribution in [0, 0.1) is 5.92 Å². The number of halogens is 3.